The molecule has 0 spiro atoms. The van der Waals surface area contributed by atoms with E-state index in [1.54, 1.807) is 0 Å². The van der Waals surface area contributed by atoms with Gasteiger partial charge < -0.3 is 5.32 Å². The van der Waals surface area contributed by atoms with E-state index in [4.69, 9.17) is 0 Å². The van der Waals surface area contributed by atoms with Gasteiger partial charge in [0.1, 0.15) is 0 Å². The molecular weight excluding hydrogens is 187 g/mol. The maximum Gasteiger partial charge on any atom is 0 e. The van der Waals surface area contributed by atoms with Crippen LogP contribution in [0.4, 0.5) is 0 Å². The smallest absolute Gasteiger partial charge is 0 e. The number of rotatable bonds is 0. The van der Waals surface area contributed by atoms with Gasteiger partial charge in [0.15, 0.2) is 0 Å². The molecule has 2 heteroatoms. The van der Waals surface area contributed by atoms with Crippen molar-refractivity contribution in [2.24, 2.45) is 0 Å². The number of hydrogen-bond donors (Lipinski definition) is 1. The Kier molecular flexibility index (Phi) is 4.42. The molecular formula is C7H10NY-. The van der Waals surface area contributed by atoms with E-state index in [1.807, 2.05) is 0 Å². The zero-order valence-corrected chi connectivity index (χ0v) is 8.54. The third-order valence-corrected chi connectivity index (χ3v) is 1.25. The Bertz CT molecular complexity index is 138. The summed E-state index contributed by atoms with van der Waals surface area (Å²) < 4.78 is 0. The molecule has 1 aliphatic rings. The van der Waals surface area contributed by atoms with E-state index in [9.17, 15) is 0 Å². The van der Waals surface area contributed by atoms with Crippen LogP contribution in [0, 0.1) is 6.20 Å². The molecule has 9 heavy (non-hydrogen) atoms. The van der Waals surface area contributed by atoms with Crippen LogP contribution >= 0.6 is 0 Å². The van der Waals surface area contributed by atoms with Crippen molar-refractivity contribution in [3.05, 3.63) is 24.0 Å². The van der Waals surface area contributed by atoms with Gasteiger partial charge in [0, 0.05) is 32.7 Å². The predicted octanol–water partition coefficient (Wildman–Crippen LogP) is 1.59. The van der Waals surface area contributed by atoms with Crippen molar-refractivity contribution in [3.63, 3.8) is 0 Å². The molecule has 0 bridgehead atoms. The first kappa shape index (κ1) is 9.38. The minimum absolute atomic E-state index is 0. The first-order valence-corrected chi connectivity index (χ1v) is 2.81. The van der Waals surface area contributed by atoms with Crippen LogP contribution in [-0.4, -0.2) is 0 Å². The summed E-state index contributed by atoms with van der Waals surface area (Å²) in [4.78, 5) is 0. The zero-order valence-electron chi connectivity index (χ0n) is 5.70. The third kappa shape index (κ3) is 3.17. The normalized spacial score (nSPS) is 17.4. The fourth-order valence-electron chi connectivity index (χ4n) is 0.658. The summed E-state index contributed by atoms with van der Waals surface area (Å²) in [5.74, 6) is 0. The number of nitrogens with one attached hydrogen (secondary N) is 1. The Morgan fingerprint density at radius 1 is 1.56 bits per heavy atom. The van der Waals surface area contributed by atoms with Crippen LogP contribution in [-0.2, 0) is 32.7 Å². The number of allylic oxidation sites excluding steroid dienone is 2. The van der Waals surface area contributed by atoms with E-state index in [0.29, 0.717) is 0 Å². The van der Waals surface area contributed by atoms with E-state index in [0.717, 1.165) is 18.5 Å². The average molecular weight is 197 g/mol. The van der Waals surface area contributed by atoms with E-state index >= 15 is 0 Å². The van der Waals surface area contributed by atoms with E-state index in [2.05, 4.69) is 25.0 Å². The van der Waals surface area contributed by atoms with Gasteiger partial charge in [0.05, 0.1) is 0 Å². The monoisotopic (exact) mass is 197 g/mol. The topological polar surface area (TPSA) is 12.0 Å². The molecule has 0 unspecified atom stereocenters. The molecule has 1 heterocycles. The Hall–Kier alpha value is 0.384. The standard InChI is InChI=1S/C7H10N.Y/c1-6-3-4-7(2)8-5-6;/h8H,2-4H2,1H3;/q-1;. The fourth-order valence-corrected chi connectivity index (χ4v) is 0.658. The molecule has 1 N–H and O–H groups in total. The average Bonchev–Trinajstić information content (AvgIpc) is 1.77. The van der Waals surface area contributed by atoms with Gasteiger partial charge in [0.2, 0.25) is 0 Å². The van der Waals surface area contributed by atoms with Crippen molar-refractivity contribution in [1.29, 1.82) is 0 Å². The molecule has 1 aliphatic heterocycles. The molecule has 1 radical (unpaired) electrons. The maximum absolute atomic E-state index is 3.76. The largest absolute Gasteiger partial charge is 0.528 e. The first-order chi connectivity index (χ1) is 3.79. The van der Waals surface area contributed by atoms with E-state index in [1.165, 1.54) is 5.57 Å². The van der Waals surface area contributed by atoms with Gasteiger partial charge in [-0.05, 0) is 0 Å². The van der Waals surface area contributed by atoms with Gasteiger partial charge in [-0.3, -0.25) is 0 Å². The Morgan fingerprint density at radius 3 is 2.56 bits per heavy atom. The molecule has 0 saturated carbocycles. The first-order valence-electron chi connectivity index (χ1n) is 2.81. The second-order valence-corrected chi connectivity index (χ2v) is 2.13. The summed E-state index contributed by atoms with van der Waals surface area (Å²) in [5, 5.41) is 2.95. The van der Waals surface area contributed by atoms with E-state index < -0.39 is 0 Å². The van der Waals surface area contributed by atoms with Gasteiger partial charge in [0.25, 0.3) is 0 Å². The molecule has 0 saturated heterocycles. The molecule has 1 rings (SSSR count). The number of hydrogen-bond acceptors (Lipinski definition) is 1. The van der Waals surface area contributed by atoms with Crippen LogP contribution < -0.4 is 5.32 Å². The summed E-state index contributed by atoms with van der Waals surface area (Å²) in [5.41, 5.74) is 2.37. The third-order valence-electron chi connectivity index (χ3n) is 1.25. The van der Waals surface area contributed by atoms with Crippen molar-refractivity contribution in [1.82, 2.24) is 5.32 Å². The summed E-state index contributed by atoms with van der Waals surface area (Å²) in [6.45, 7) is 5.83. The second-order valence-electron chi connectivity index (χ2n) is 2.13. The zero-order chi connectivity index (χ0) is 5.98. The molecule has 0 fully saturated rings. The van der Waals surface area contributed by atoms with Crippen molar-refractivity contribution in [2.45, 2.75) is 19.8 Å². The Labute approximate surface area is 81.5 Å². The molecule has 1 nitrogen and oxygen atoms in total. The van der Waals surface area contributed by atoms with Gasteiger partial charge in [-0.2, -0.15) is 12.8 Å². The SMILES string of the molecule is C=C1CCC(C)=[C-]N1.[Y]. The van der Waals surface area contributed by atoms with Crippen LogP contribution in [0.3, 0.4) is 0 Å². The Balaban J connectivity index is 0.000000640. The predicted molar refractivity (Wildman–Crippen MR) is 33.9 cm³/mol. The van der Waals surface area contributed by atoms with Crippen molar-refractivity contribution >= 4 is 0 Å². The van der Waals surface area contributed by atoms with Gasteiger partial charge >= 0.3 is 0 Å². The summed E-state index contributed by atoms with van der Waals surface area (Å²) >= 11 is 0. The van der Waals surface area contributed by atoms with Crippen LogP contribution in [0.5, 0.6) is 0 Å². The quantitative estimate of drug-likeness (QED) is 0.581. The molecule has 0 aromatic rings. The van der Waals surface area contributed by atoms with Gasteiger partial charge in [-0.25, -0.2) is 0 Å². The van der Waals surface area contributed by atoms with Crippen molar-refractivity contribution in [2.75, 3.05) is 0 Å². The summed E-state index contributed by atoms with van der Waals surface area (Å²) in [6.07, 6.45) is 5.18. The minimum Gasteiger partial charge on any atom is -0.528 e. The minimum atomic E-state index is 0. The Morgan fingerprint density at radius 2 is 2.22 bits per heavy atom. The maximum atomic E-state index is 3.76. The molecule has 0 aromatic carbocycles. The van der Waals surface area contributed by atoms with Crippen molar-refractivity contribution < 1.29 is 32.7 Å². The van der Waals surface area contributed by atoms with Gasteiger partial charge in [-0.1, -0.05) is 19.8 Å². The van der Waals surface area contributed by atoms with Crippen LogP contribution in [0.25, 0.3) is 0 Å². The van der Waals surface area contributed by atoms with Crippen molar-refractivity contribution in [3.8, 4) is 0 Å². The fraction of sp³-hybridized carbons (Fsp3) is 0.429. The summed E-state index contributed by atoms with van der Waals surface area (Å²) in [7, 11) is 0. The van der Waals surface area contributed by atoms with E-state index in [-0.39, 0.29) is 32.7 Å². The molecule has 0 atom stereocenters. The second kappa shape index (κ2) is 4.24. The molecule has 0 aliphatic carbocycles. The van der Waals surface area contributed by atoms with Crippen LogP contribution in [0.15, 0.2) is 17.8 Å². The molecule has 0 amide bonds. The summed E-state index contributed by atoms with van der Waals surface area (Å²) in [6, 6.07) is 0. The van der Waals surface area contributed by atoms with Crippen LogP contribution in [0.2, 0.25) is 0 Å². The van der Waals surface area contributed by atoms with Gasteiger partial charge in [-0.15, -0.1) is 11.3 Å². The van der Waals surface area contributed by atoms with Crippen LogP contribution in [0.1, 0.15) is 19.8 Å². The molecule has 47 valence electrons. The molecule has 0 aromatic heterocycles.